The van der Waals surface area contributed by atoms with Crippen molar-refractivity contribution in [3.63, 3.8) is 0 Å². The van der Waals surface area contributed by atoms with Crippen molar-refractivity contribution in [1.29, 1.82) is 0 Å². The SMILES string of the molecule is O=C(NOCCN1CCOCC1)c1ccc(S(=O)(=O)N2CCOCC2)cc1. The minimum absolute atomic E-state index is 0.161. The van der Waals surface area contributed by atoms with Crippen LogP contribution in [0.2, 0.25) is 0 Å². The van der Waals surface area contributed by atoms with Crippen LogP contribution in [0.5, 0.6) is 0 Å². The lowest BCUT2D eigenvalue weighted by molar-refractivity contribution is -0.00177. The van der Waals surface area contributed by atoms with Gasteiger partial charge in [0.05, 0.1) is 37.9 Å². The molecule has 0 aromatic heterocycles. The summed E-state index contributed by atoms with van der Waals surface area (Å²) in [6.07, 6.45) is 0. The van der Waals surface area contributed by atoms with E-state index in [1.54, 1.807) is 0 Å². The summed E-state index contributed by atoms with van der Waals surface area (Å²) in [7, 11) is -3.56. The van der Waals surface area contributed by atoms with Crippen LogP contribution in [-0.2, 0) is 24.3 Å². The molecule has 10 heteroatoms. The van der Waals surface area contributed by atoms with Gasteiger partial charge in [-0.15, -0.1) is 0 Å². The molecule has 0 radical (unpaired) electrons. The number of sulfonamides is 1. The Morgan fingerprint density at radius 1 is 1.00 bits per heavy atom. The molecule has 1 aromatic rings. The van der Waals surface area contributed by atoms with E-state index < -0.39 is 15.9 Å². The zero-order chi connectivity index (χ0) is 19.1. The zero-order valence-electron chi connectivity index (χ0n) is 15.1. The van der Waals surface area contributed by atoms with Crippen LogP contribution in [0.4, 0.5) is 0 Å². The van der Waals surface area contributed by atoms with Crippen LogP contribution >= 0.6 is 0 Å². The number of benzene rings is 1. The molecule has 3 rings (SSSR count). The molecule has 0 saturated carbocycles. The summed E-state index contributed by atoms with van der Waals surface area (Å²) in [6, 6.07) is 5.84. The number of rotatable bonds is 7. The maximum Gasteiger partial charge on any atom is 0.274 e. The van der Waals surface area contributed by atoms with Crippen LogP contribution in [0.15, 0.2) is 29.2 Å². The number of ether oxygens (including phenoxy) is 2. The highest BCUT2D eigenvalue weighted by molar-refractivity contribution is 7.89. The van der Waals surface area contributed by atoms with Crippen LogP contribution < -0.4 is 5.48 Å². The Balaban J connectivity index is 1.48. The Bertz CT molecular complexity index is 713. The predicted molar refractivity (Wildman–Crippen MR) is 96.7 cm³/mol. The first-order chi connectivity index (χ1) is 13.1. The number of morpholine rings is 2. The Morgan fingerprint density at radius 2 is 1.59 bits per heavy atom. The van der Waals surface area contributed by atoms with Crippen molar-refractivity contribution in [2.75, 3.05) is 65.8 Å². The molecule has 0 bridgehead atoms. The monoisotopic (exact) mass is 399 g/mol. The van der Waals surface area contributed by atoms with E-state index in [0.717, 1.165) is 13.1 Å². The fourth-order valence-electron chi connectivity index (χ4n) is 2.89. The van der Waals surface area contributed by atoms with Gasteiger partial charge >= 0.3 is 0 Å². The van der Waals surface area contributed by atoms with E-state index in [4.69, 9.17) is 14.3 Å². The van der Waals surface area contributed by atoms with Gasteiger partial charge in [-0.3, -0.25) is 14.5 Å². The molecular weight excluding hydrogens is 374 g/mol. The third-order valence-electron chi connectivity index (χ3n) is 4.50. The lowest BCUT2D eigenvalue weighted by Gasteiger charge is -2.26. The average Bonchev–Trinajstić information content (AvgIpc) is 2.72. The van der Waals surface area contributed by atoms with Crippen molar-refractivity contribution < 1.29 is 27.5 Å². The highest BCUT2D eigenvalue weighted by atomic mass is 32.2. The van der Waals surface area contributed by atoms with Crippen LogP contribution in [0.3, 0.4) is 0 Å². The summed E-state index contributed by atoms with van der Waals surface area (Å²) >= 11 is 0. The molecule has 0 spiro atoms. The third kappa shape index (κ3) is 5.47. The topological polar surface area (TPSA) is 97.4 Å². The lowest BCUT2D eigenvalue weighted by Crippen LogP contribution is -2.40. The normalized spacial score (nSPS) is 19.7. The largest absolute Gasteiger partial charge is 0.379 e. The first kappa shape index (κ1) is 20.2. The third-order valence-corrected chi connectivity index (χ3v) is 6.42. The summed E-state index contributed by atoms with van der Waals surface area (Å²) in [5.41, 5.74) is 2.72. The van der Waals surface area contributed by atoms with E-state index in [-0.39, 0.29) is 4.90 Å². The van der Waals surface area contributed by atoms with E-state index in [0.29, 0.717) is 58.2 Å². The first-order valence-corrected chi connectivity index (χ1v) is 10.4. The number of nitrogens with zero attached hydrogens (tertiary/aromatic N) is 2. The fourth-order valence-corrected chi connectivity index (χ4v) is 4.30. The molecule has 150 valence electrons. The smallest absolute Gasteiger partial charge is 0.274 e. The summed E-state index contributed by atoms with van der Waals surface area (Å²) in [6.45, 7) is 5.67. The molecule has 1 N–H and O–H groups in total. The Morgan fingerprint density at radius 3 is 2.22 bits per heavy atom. The molecule has 2 saturated heterocycles. The zero-order valence-corrected chi connectivity index (χ0v) is 15.9. The summed E-state index contributed by atoms with van der Waals surface area (Å²) < 4.78 is 37.0. The van der Waals surface area contributed by atoms with Crippen LogP contribution in [0, 0.1) is 0 Å². The first-order valence-electron chi connectivity index (χ1n) is 8.97. The Labute approximate surface area is 159 Å². The number of hydrogen-bond donors (Lipinski definition) is 1. The minimum Gasteiger partial charge on any atom is -0.379 e. The van der Waals surface area contributed by atoms with Gasteiger partial charge in [-0.25, -0.2) is 13.9 Å². The summed E-state index contributed by atoms with van der Waals surface area (Å²) in [5.74, 6) is -0.410. The van der Waals surface area contributed by atoms with Crippen molar-refractivity contribution in [2.24, 2.45) is 0 Å². The molecule has 1 aromatic carbocycles. The minimum atomic E-state index is -3.56. The standard InChI is InChI=1S/C17H25N3O6S/c21-17(18-26-14-7-19-5-10-24-11-6-19)15-1-3-16(4-2-15)27(22,23)20-8-12-25-13-9-20/h1-4H,5-14H2,(H,18,21). The highest BCUT2D eigenvalue weighted by Crippen LogP contribution is 2.17. The van der Waals surface area contributed by atoms with Gasteiger partial charge in [0.25, 0.3) is 5.91 Å². The molecule has 27 heavy (non-hydrogen) atoms. The average molecular weight is 399 g/mol. The predicted octanol–water partition coefficient (Wildman–Crippen LogP) is -0.299. The number of carbonyl (C=O) groups is 1. The number of hydroxylamine groups is 1. The molecule has 9 nitrogen and oxygen atoms in total. The van der Waals surface area contributed by atoms with Crippen LogP contribution in [0.1, 0.15) is 10.4 Å². The van der Waals surface area contributed by atoms with Gasteiger partial charge in [-0.05, 0) is 24.3 Å². The van der Waals surface area contributed by atoms with Gasteiger partial charge in [0.1, 0.15) is 0 Å². The second kappa shape index (κ2) is 9.58. The quantitative estimate of drug-likeness (QED) is 0.497. The highest BCUT2D eigenvalue weighted by Gasteiger charge is 2.26. The Hall–Kier alpha value is -1.56. The van der Waals surface area contributed by atoms with E-state index >= 15 is 0 Å². The van der Waals surface area contributed by atoms with Crippen molar-refractivity contribution in [3.8, 4) is 0 Å². The van der Waals surface area contributed by atoms with Gasteiger partial charge in [0, 0.05) is 38.3 Å². The molecule has 2 aliphatic heterocycles. The molecular formula is C17H25N3O6S. The van der Waals surface area contributed by atoms with E-state index in [1.165, 1.54) is 28.6 Å². The van der Waals surface area contributed by atoms with Crippen molar-refractivity contribution in [2.45, 2.75) is 4.90 Å². The number of carbonyl (C=O) groups excluding carboxylic acids is 1. The maximum atomic E-state index is 12.6. The van der Waals surface area contributed by atoms with E-state index in [1.807, 2.05) is 0 Å². The van der Waals surface area contributed by atoms with Crippen LogP contribution in [0.25, 0.3) is 0 Å². The number of nitrogens with one attached hydrogen (secondary N) is 1. The molecule has 2 fully saturated rings. The summed E-state index contributed by atoms with van der Waals surface area (Å²) in [4.78, 5) is 19.7. The molecule has 0 unspecified atom stereocenters. The second-order valence-corrected chi connectivity index (χ2v) is 8.21. The molecule has 1 amide bonds. The number of hydrogen-bond acceptors (Lipinski definition) is 7. The molecule has 0 aliphatic carbocycles. The lowest BCUT2D eigenvalue weighted by atomic mass is 10.2. The maximum absolute atomic E-state index is 12.6. The van der Waals surface area contributed by atoms with Crippen molar-refractivity contribution >= 4 is 15.9 Å². The summed E-state index contributed by atoms with van der Waals surface area (Å²) in [5, 5.41) is 0. The van der Waals surface area contributed by atoms with Crippen molar-refractivity contribution in [3.05, 3.63) is 29.8 Å². The molecule has 2 heterocycles. The molecule has 2 aliphatic rings. The van der Waals surface area contributed by atoms with Gasteiger partial charge in [-0.2, -0.15) is 4.31 Å². The van der Waals surface area contributed by atoms with Gasteiger partial charge in [0.2, 0.25) is 10.0 Å². The van der Waals surface area contributed by atoms with Gasteiger partial charge in [0.15, 0.2) is 0 Å². The fraction of sp³-hybridized carbons (Fsp3) is 0.588. The van der Waals surface area contributed by atoms with E-state index in [9.17, 15) is 13.2 Å². The number of amides is 1. The van der Waals surface area contributed by atoms with Gasteiger partial charge < -0.3 is 9.47 Å². The van der Waals surface area contributed by atoms with E-state index in [2.05, 4.69) is 10.4 Å². The van der Waals surface area contributed by atoms with Crippen LogP contribution in [-0.4, -0.2) is 89.3 Å². The molecule has 0 atom stereocenters. The van der Waals surface area contributed by atoms with Gasteiger partial charge in [-0.1, -0.05) is 0 Å². The van der Waals surface area contributed by atoms with Crippen molar-refractivity contribution in [1.82, 2.24) is 14.7 Å². The Kier molecular flexibility index (Phi) is 7.16. The second-order valence-electron chi connectivity index (χ2n) is 6.27.